The Hall–Kier alpha value is -3.12. The second-order valence-electron chi connectivity index (χ2n) is 7.56. The van der Waals surface area contributed by atoms with E-state index in [9.17, 15) is 9.59 Å². The van der Waals surface area contributed by atoms with E-state index in [0.717, 1.165) is 35.0 Å². The molecule has 0 saturated carbocycles. The van der Waals surface area contributed by atoms with Crippen LogP contribution in [-0.4, -0.2) is 18.5 Å². The zero-order valence-corrected chi connectivity index (χ0v) is 18.7. The number of anilines is 2. The van der Waals surface area contributed by atoms with Crippen LogP contribution in [0.15, 0.2) is 77.3 Å². The summed E-state index contributed by atoms with van der Waals surface area (Å²) < 4.78 is 0.971. The van der Waals surface area contributed by atoms with Crippen molar-refractivity contribution in [2.45, 2.75) is 25.8 Å². The van der Waals surface area contributed by atoms with E-state index in [0.29, 0.717) is 24.3 Å². The molecule has 0 aromatic heterocycles. The van der Waals surface area contributed by atoms with Gasteiger partial charge in [0.15, 0.2) is 0 Å². The average Bonchev–Trinajstić information content (AvgIpc) is 3.00. The molecule has 0 aliphatic carbocycles. The van der Waals surface area contributed by atoms with Crippen LogP contribution in [0.3, 0.4) is 0 Å². The topological polar surface area (TPSA) is 61.4 Å². The second-order valence-corrected chi connectivity index (χ2v) is 8.48. The fourth-order valence-electron chi connectivity index (χ4n) is 3.76. The number of halogens is 1. The van der Waals surface area contributed by atoms with E-state index in [1.54, 1.807) is 29.2 Å². The van der Waals surface area contributed by atoms with Crippen LogP contribution in [0.5, 0.6) is 0 Å². The highest BCUT2D eigenvalue weighted by molar-refractivity contribution is 9.10. The Morgan fingerprint density at radius 3 is 2.65 bits per heavy atom. The van der Waals surface area contributed by atoms with Crippen molar-refractivity contribution in [1.29, 1.82) is 0 Å². The number of amides is 3. The first-order chi connectivity index (χ1) is 15.1. The molecule has 158 valence electrons. The number of carbonyl (C=O) groups is 2. The SMILES string of the molecule is O=C(NCc1cccc(Br)c1)c1cccc(NC(=O)N2CCCCc3ccccc32)c1. The Kier molecular flexibility index (Phi) is 6.67. The summed E-state index contributed by atoms with van der Waals surface area (Å²) in [6.07, 6.45) is 3.00. The van der Waals surface area contributed by atoms with Crippen molar-refractivity contribution in [3.05, 3.63) is 94.0 Å². The summed E-state index contributed by atoms with van der Waals surface area (Å²) in [5.41, 5.74) is 4.26. The maximum absolute atomic E-state index is 13.0. The minimum atomic E-state index is -0.184. The molecule has 3 amide bonds. The van der Waals surface area contributed by atoms with Gasteiger partial charge in [-0.15, -0.1) is 0 Å². The fraction of sp³-hybridized carbons (Fsp3) is 0.200. The van der Waals surface area contributed by atoms with E-state index < -0.39 is 0 Å². The van der Waals surface area contributed by atoms with Gasteiger partial charge in [0.2, 0.25) is 0 Å². The van der Waals surface area contributed by atoms with Crippen LogP contribution < -0.4 is 15.5 Å². The second kappa shape index (κ2) is 9.79. The van der Waals surface area contributed by atoms with Crippen molar-refractivity contribution < 1.29 is 9.59 Å². The van der Waals surface area contributed by atoms with Gasteiger partial charge < -0.3 is 10.6 Å². The first-order valence-corrected chi connectivity index (χ1v) is 11.2. The van der Waals surface area contributed by atoms with E-state index >= 15 is 0 Å². The predicted molar refractivity (Wildman–Crippen MR) is 127 cm³/mol. The van der Waals surface area contributed by atoms with E-state index in [1.807, 2.05) is 42.5 Å². The summed E-state index contributed by atoms with van der Waals surface area (Å²) in [5, 5.41) is 5.88. The molecule has 1 aliphatic heterocycles. The monoisotopic (exact) mass is 477 g/mol. The van der Waals surface area contributed by atoms with Crippen LogP contribution in [0.25, 0.3) is 0 Å². The number of para-hydroxylation sites is 1. The Bertz CT molecular complexity index is 1100. The third-order valence-electron chi connectivity index (χ3n) is 5.32. The van der Waals surface area contributed by atoms with E-state index in [4.69, 9.17) is 0 Å². The average molecular weight is 478 g/mol. The van der Waals surface area contributed by atoms with Gasteiger partial charge in [-0.05, 0) is 66.8 Å². The molecule has 0 fully saturated rings. The zero-order chi connectivity index (χ0) is 21.6. The van der Waals surface area contributed by atoms with Crippen LogP contribution in [0, 0.1) is 0 Å². The number of carbonyl (C=O) groups excluding carboxylic acids is 2. The molecule has 0 saturated heterocycles. The van der Waals surface area contributed by atoms with Crippen LogP contribution in [0.1, 0.15) is 34.3 Å². The van der Waals surface area contributed by atoms with E-state index in [1.165, 1.54) is 5.56 Å². The van der Waals surface area contributed by atoms with Gasteiger partial charge >= 0.3 is 6.03 Å². The quantitative estimate of drug-likeness (QED) is 0.502. The molecule has 0 unspecified atom stereocenters. The van der Waals surface area contributed by atoms with Crippen molar-refractivity contribution in [2.24, 2.45) is 0 Å². The van der Waals surface area contributed by atoms with Crippen molar-refractivity contribution in [1.82, 2.24) is 5.32 Å². The Morgan fingerprint density at radius 1 is 0.935 bits per heavy atom. The van der Waals surface area contributed by atoms with E-state index in [2.05, 4.69) is 32.6 Å². The van der Waals surface area contributed by atoms with Crippen LogP contribution in [0.4, 0.5) is 16.2 Å². The first-order valence-electron chi connectivity index (χ1n) is 10.4. The molecule has 0 bridgehead atoms. The lowest BCUT2D eigenvalue weighted by molar-refractivity contribution is 0.0951. The molecule has 0 spiro atoms. The summed E-state index contributed by atoms with van der Waals surface area (Å²) in [6, 6.07) is 22.7. The number of rotatable bonds is 4. The highest BCUT2D eigenvalue weighted by Crippen LogP contribution is 2.27. The summed E-state index contributed by atoms with van der Waals surface area (Å²) >= 11 is 3.44. The molecule has 0 radical (unpaired) electrons. The van der Waals surface area contributed by atoms with Gasteiger partial charge in [0.25, 0.3) is 5.91 Å². The molecular formula is C25H24BrN3O2. The van der Waals surface area contributed by atoms with Crippen LogP contribution in [-0.2, 0) is 13.0 Å². The molecule has 3 aromatic rings. The van der Waals surface area contributed by atoms with Crippen molar-refractivity contribution in [3.8, 4) is 0 Å². The number of aryl methyl sites for hydroxylation is 1. The van der Waals surface area contributed by atoms with Gasteiger partial charge in [0.1, 0.15) is 0 Å². The molecule has 2 N–H and O–H groups in total. The third-order valence-corrected chi connectivity index (χ3v) is 5.82. The number of nitrogens with zero attached hydrogens (tertiary/aromatic N) is 1. The number of hydrogen-bond donors (Lipinski definition) is 2. The van der Waals surface area contributed by atoms with Gasteiger partial charge in [-0.2, -0.15) is 0 Å². The largest absolute Gasteiger partial charge is 0.348 e. The van der Waals surface area contributed by atoms with Gasteiger partial charge in [-0.3, -0.25) is 9.69 Å². The number of urea groups is 1. The Labute approximate surface area is 190 Å². The number of fused-ring (bicyclic) bond motifs is 1. The zero-order valence-electron chi connectivity index (χ0n) is 17.1. The van der Waals surface area contributed by atoms with Crippen molar-refractivity contribution >= 4 is 39.2 Å². The standard InChI is InChI=1S/C25H24BrN3O2/c26-21-11-5-7-18(15-21)17-27-24(30)20-10-6-12-22(16-20)28-25(31)29-14-4-3-9-19-8-1-2-13-23(19)29/h1-2,5-8,10-13,15-16H,3-4,9,14,17H2,(H,27,30)(H,28,31). The molecule has 1 heterocycles. The third kappa shape index (κ3) is 5.33. The summed E-state index contributed by atoms with van der Waals surface area (Å²) in [4.78, 5) is 27.4. The highest BCUT2D eigenvalue weighted by Gasteiger charge is 2.21. The van der Waals surface area contributed by atoms with Gasteiger partial charge in [0.05, 0.1) is 0 Å². The predicted octanol–water partition coefficient (Wildman–Crippen LogP) is 5.75. The van der Waals surface area contributed by atoms with Gasteiger partial charge in [-0.1, -0.05) is 52.3 Å². The summed E-state index contributed by atoms with van der Waals surface area (Å²) in [6.45, 7) is 1.11. The summed E-state index contributed by atoms with van der Waals surface area (Å²) in [7, 11) is 0. The minimum Gasteiger partial charge on any atom is -0.348 e. The van der Waals surface area contributed by atoms with Gasteiger partial charge in [0, 0.05) is 34.5 Å². The van der Waals surface area contributed by atoms with Crippen molar-refractivity contribution in [2.75, 3.05) is 16.8 Å². The smallest absolute Gasteiger partial charge is 0.326 e. The maximum atomic E-state index is 13.0. The highest BCUT2D eigenvalue weighted by atomic mass is 79.9. The Balaban J connectivity index is 1.43. The van der Waals surface area contributed by atoms with Crippen LogP contribution in [0.2, 0.25) is 0 Å². The first kappa shape index (κ1) is 21.1. The fourth-order valence-corrected chi connectivity index (χ4v) is 4.21. The lowest BCUT2D eigenvalue weighted by Gasteiger charge is -2.23. The Morgan fingerprint density at radius 2 is 1.77 bits per heavy atom. The number of benzene rings is 3. The van der Waals surface area contributed by atoms with Gasteiger partial charge in [-0.25, -0.2) is 4.79 Å². The number of nitrogens with one attached hydrogen (secondary N) is 2. The van der Waals surface area contributed by atoms with Crippen molar-refractivity contribution in [3.63, 3.8) is 0 Å². The maximum Gasteiger partial charge on any atom is 0.326 e. The van der Waals surface area contributed by atoms with Crippen LogP contribution >= 0.6 is 15.9 Å². The summed E-state index contributed by atoms with van der Waals surface area (Å²) in [5.74, 6) is -0.184. The normalized spacial score (nSPS) is 13.1. The molecule has 5 nitrogen and oxygen atoms in total. The molecule has 0 atom stereocenters. The lowest BCUT2D eigenvalue weighted by atomic mass is 10.1. The number of hydrogen-bond acceptors (Lipinski definition) is 2. The molecular weight excluding hydrogens is 454 g/mol. The molecule has 31 heavy (non-hydrogen) atoms. The molecule has 4 rings (SSSR count). The lowest BCUT2D eigenvalue weighted by Crippen LogP contribution is -2.35. The molecule has 6 heteroatoms. The van der Waals surface area contributed by atoms with E-state index in [-0.39, 0.29) is 11.9 Å². The molecule has 1 aliphatic rings. The minimum absolute atomic E-state index is 0.180. The molecule has 3 aromatic carbocycles.